The number of hydrogen-bond donors (Lipinski definition) is 0. The van der Waals surface area contributed by atoms with E-state index in [0.29, 0.717) is 6.61 Å². The van der Waals surface area contributed by atoms with Gasteiger partial charge < -0.3 is 9.16 Å². The highest BCUT2D eigenvalue weighted by Crippen LogP contribution is 2.10. The lowest BCUT2D eigenvalue weighted by molar-refractivity contribution is 0.239. The van der Waals surface area contributed by atoms with Crippen molar-refractivity contribution in [3.8, 4) is 11.5 Å². The SMILES string of the molecule is C=CCCCCCO[Si](C#CCOC)(c1ccccc1)c1ccccc1. The first-order chi connectivity index (χ1) is 12.8. The number of rotatable bonds is 10. The van der Waals surface area contributed by atoms with E-state index in [1.54, 1.807) is 7.11 Å². The van der Waals surface area contributed by atoms with Crippen molar-refractivity contribution in [2.45, 2.75) is 25.7 Å². The van der Waals surface area contributed by atoms with E-state index in [4.69, 9.17) is 9.16 Å². The average molecular weight is 365 g/mol. The molecule has 0 spiro atoms. The number of ether oxygens (including phenoxy) is 1. The molecular formula is C23H28O2Si. The van der Waals surface area contributed by atoms with Crippen molar-refractivity contribution >= 4 is 18.7 Å². The molecular weight excluding hydrogens is 336 g/mol. The molecule has 2 aromatic rings. The fourth-order valence-corrected chi connectivity index (χ4v) is 6.01. The maximum Gasteiger partial charge on any atom is 0.337 e. The minimum absolute atomic E-state index is 0.414. The fourth-order valence-electron chi connectivity index (χ4n) is 2.88. The Kier molecular flexibility index (Phi) is 8.92. The van der Waals surface area contributed by atoms with Crippen LogP contribution in [0.25, 0.3) is 0 Å². The summed E-state index contributed by atoms with van der Waals surface area (Å²) in [5, 5.41) is 2.36. The van der Waals surface area contributed by atoms with E-state index in [2.05, 4.69) is 66.6 Å². The number of hydrogen-bond acceptors (Lipinski definition) is 2. The lowest BCUT2D eigenvalue weighted by Crippen LogP contribution is -2.60. The van der Waals surface area contributed by atoms with Gasteiger partial charge >= 0.3 is 8.32 Å². The van der Waals surface area contributed by atoms with Crippen molar-refractivity contribution in [1.29, 1.82) is 0 Å². The van der Waals surface area contributed by atoms with E-state index in [9.17, 15) is 0 Å². The van der Waals surface area contributed by atoms with E-state index in [0.717, 1.165) is 32.3 Å². The van der Waals surface area contributed by atoms with Gasteiger partial charge in [-0.1, -0.05) is 84.6 Å². The molecule has 0 N–H and O–H groups in total. The predicted molar refractivity (Wildman–Crippen MR) is 112 cm³/mol. The first-order valence-electron chi connectivity index (χ1n) is 9.18. The van der Waals surface area contributed by atoms with Gasteiger partial charge in [0.15, 0.2) is 0 Å². The number of benzene rings is 2. The molecule has 0 heterocycles. The molecule has 2 aromatic carbocycles. The first kappa shape index (κ1) is 20.2. The third-order valence-electron chi connectivity index (χ3n) is 4.21. The summed E-state index contributed by atoms with van der Waals surface area (Å²) in [5.41, 5.74) is 3.49. The van der Waals surface area contributed by atoms with E-state index in [-0.39, 0.29) is 0 Å². The Hall–Kier alpha value is -2.12. The molecule has 0 unspecified atom stereocenters. The van der Waals surface area contributed by atoms with Crippen molar-refractivity contribution in [3.63, 3.8) is 0 Å². The van der Waals surface area contributed by atoms with Crippen LogP contribution in [-0.4, -0.2) is 28.6 Å². The second-order valence-corrected chi connectivity index (χ2v) is 9.19. The van der Waals surface area contributed by atoms with Crippen LogP contribution >= 0.6 is 0 Å². The number of methoxy groups -OCH3 is 1. The quantitative estimate of drug-likeness (QED) is 0.277. The predicted octanol–water partition coefficient (Wildman–Crippen LogP) is 3.70. The summed E-state index contributed by atoms with van der Waals surface area (Å²) in [6.07, 6.45) is 6.38. The van der Waals surface area contributed by atoms with Crippen molar-refractivity contribution in [2.24, 2.45) is 0 Å². The van der Waals surface area contributed by atoms with Gasteiger partial charge in [0, 0.05) is 13.7 Å². The molecule has 26 heavy (non-hydrogen) atoms. The maximum atomic E-state index is 6.61. The Morgan fingerprint density at radius 1 is 0.923 bits per heavy atom. The van der Waals surface area contributed by atoms with Crippen molar-refractivity contribution in [3.05, 3.63) is 73.3 Å². The van der Waals surface area contributed by atoms with Crippen LogP contribution in [0.4, 0.5) is 0 Å². The van der Waals surface area contributed by atoms with Gasteiger partial charge in [0.2, 0.25) is 0 Å². The normalized spacial score (nSPS) is 10.8. The van der Waals surface area contributed by atoms with Crippen molar-refractivity contribution < 1.29 is 9.16 Å². The highest BCUT2D eigenvalue weighted by molar-refractivity contribution is 7.03. The Balaban J connectivity index is 2.31. The fraction of sp³-hybridized carbons (Fsp3) is 0.304. The second kappa shape index (κ2) is 11.5. The number of allylic oxidation sites excluding steroid dienone is 1. The molecule has 0 aliphatic carbocycles. The summed E-state index contributed by atoms with van der Waals surface area (Å²) in [6.45, 7) is 4.92. The van der Waals surface area contributed by atoms with Crippen LogP contribution in [0.15, 0.2) is 73.3 Å². The molecule has 0 bridgehead atoms. The zero-order valence-corrected chi connectivity index (χ0v) is 16.6. The summed E-state index contributed by atoms with van der Waals surface area (Å²) in [5.74, 6) is 3.19. The first-order valence-corrected chi connectivity index (χ1v) is 11.1. The molecule has 0 aromatic heterocycles. The zero-order valence-electron chi connectivity index (χ0n) is 15.6. The molecule has 2 rings (SSSR count). The highest BCUT2D eigenvalue weighted by atomic mass is 28.4. The van der Waals surface area contributed by atoms with E-state index >= 15 is 0 Å². The topological polar surface area (TPSA) is 18.5 Å². The van der Waals surface area contributed by atoms with Gasteiger partial charge in [-0.3, -0.25) is 0 Å². The lowest BCUT2D eigenvalue weighted by Gasteiger charge is -2.27. The van der Waals surface area contributed by atoms with Crippen LogP contribution in [0.2, 0.25) is 0 Å². The standard InChI is InChI=1S/C23H28O2Si/c1-3-4-5-6-13-20-25-26(21-14-19-24-2,22-15-9-7-10-16-22)23-17-11-8-12-18-23/h3,7-12,15-18H,1,4-6,13,19-20H2,2H3. The summed E-state index contributed by atoms with van der Waals surface area (Å²) >= 11 is 0. The molecule has 136 valence electrons. The molecule has 0 fully saturated rings. The van der Waals surface area contributed by atoms with Crippen LogP contribution in [0.1, 0.15) is 25.7 Å². The summed E-state index contributed by atoms with van der Waals surface area (Å²) in [4.78, 5) is 0. The zero-order chi connectivity index (χ0) is 18.5. The third-order valence-corrected chi connectivity index (χ3v) is 7.67. The van der Waals surface area contributed by atoms with Crippen LogP contribution in [0.3, 0.4) is 0 Å². The van der Waals surface area contributed by atoms with Crippen LogP contribution in [-0.2, 0) is 9.16 Å². The summed E-state index contributed by atoms with van der Waals surface area (Å²) in [6, 6.07) is 20.9. The number of unbranched alkanes of at least 4 members (excludes halogenated alkanes) is 3. The van der Waals surface area contributed by atoms with Gasteiger partial charge in [-0.05, 0) is 29.6 Å². The molecule has 0 saturated heterocycles. The Morgan fingerprint density at radius 2 is 1.54 bits per heavy atom. The monoisotopic (exact) mass is 364 g/mol. The Labute approximate surface area is 159 Å². The van der Waals surface area contributed by atoms with Gasteiger partial charge in [0.1, 0.15) is 6.61 Å². The third kappa shape index (κ3) is 5.71. The summed E-state index contributed by atoms with van der Waals surface area (Å²) in [7, 11) is -0.945. The Morgan fingerprint density at radius 3 is 2.08 bits per heavy atom. The molecule has 0 saturated carbocycles. The van der Waals surface area contributed by atoms with Crippen molar-refractivity contribution in [1.82, 2.24) is 0 Å². The second-order valence-electron chi connectivity index (χ2n) is 6.13. The van der Waals surface area contributed by atoms with Gasteiger partial charge in [-0.25, -0.2) is 0 Å². The van der Waals surface area contributed by atoms with E-state index in [1.807, 2.05) is 18.2 Å². The smallest absolute Gasteiger partial charge is 0.337 e. The molecule has 2 nitrogen and oxygen atoms in total. The maximum absolute atomic E-state index is 6.61. The molecule has 0 aliphatic rings. The van der Waals surface area contributed by atoms with Crippen LogP contribution in [0, 0.1) is 11.5 Å². The molecule has 3 heteroatoms. The Bertz CT molecular complexity index is 662. The average Bonchev–Trinajstić information content (AvgIpc) is 2.71. The molecule has 0 amide bonds. The van der Waals surface area contributed by atoms with Crippen molar-refractivity contribution in [2.75, 3.05) is 20.3 Å². The minimum Gasteiger partial charge on any atom is -0.399 e. The van der Waals surface area contributed by atoms with Gasteiger partial charge in [0.05, 0.1) is 0 Å². The van der Waals surface area contributed by atoms with Crippen LogP contribution < -0.4 is 10.4 Å². The molecule has 0 radical (unpaired) electrons. The lowest BCUT2D eigenvalue weighted by atomic mass is 10.2. The van der Waals surface area contributed by atoms with Gasteiger partial charge in [-0.15, -0.1) is 6.58 Å². The molecule has 0 aliphatic heterocycles. The minimum atomic E-state index is -2.61. The van der Waals surface area contributed by atoms with Gasteiger partial charge in [0.25, 0.3) is 0 Å². The molecule has 0 atom stereocenters. The highest BCUT2D eigenvalue weighted by Gasteiger charge is 2.38. The van der Waals surface area contributed by atoms with Crippen LogP contribution in [0.5, 0.6) is 0 Å². The van der Waals surface area contributed by atoms with E-state index in [1.165, 1.54) is 10.4 Å². The largest absolute Gasteiger partial charge is 0.399 e. The van der Waals surface area contributed by atoms with E-state index < -0.39 is 8.32 Å². The van der Waals surface area contributed by atoms with Gasteiger partial charge in [-0.2, -0.15) is 0 Å². The summed E-state index contributed by atoms with van der Waals surface area (Å²) < 4.78 is 11.8.